The molecule has 2 amide bonds. The zero-order valence-corrected chi connectivity index (χ0v) is 21.0. The number of nitrogens with one attached hydrogen (secondary N) is 2. The van der Waals surface area contributed by atoms with Crippen LogP contribution in [0.1, 0.15) is 43.0 Å². The Labute approximate surface area is 207 Å². The minimum Gasteiger partial charge on any atom is -0.507 e. The van der Waals surface area contributed by atoms with Gasteiger partial charge in [0.05, 0.1) is 6.21 Å². The minimum atomic E-state index is -0.474. The highest BCUT2D eigenvalue weighted by Crippen LogP contribution is 2.25. The van der Waals surface area contributed by atoms with Gasteiger partial charge < -0.3 is 20.1 Å². The van der Waals surface area contributed by atoms with Crippen LogP contribution in [0.25, 0.3) is 0 Å². The Balaban J connectivity index is 1.49. The first-order chi connectivity index (χ1) is 16.6. The summed E-state index contributed by atoms with van der Waals surface area (Å²) in [6, 6.07) is 20.4. The van der Waals surface area contributed by atoms with Gasteiger partial charge in [-0.15, -0.1) is 0 Å². The summed E-state index contributed by atoms with van der Waals surface area (Å²) in [6.45, 7) is 7.77. The molecule has 0 aliphatic rings. The molecule has 0 saturated heterocycles. The maximum atomic E-state index is 12.1. The minimum absolute atomic E-state index is 0.00743. The normalized spacial score (nSPS) is 11.6. The van der Waals surface area contributed by atoms with Crippen LogP contribution in [0.5, 0.6) is 11.5 Å². The molecule has 3 aromatic rings. The van der Waals surface area contributed by atoms with Crippen molar-refractivity contribution in [2.45, 2.75) is 39.3 Å². The third kappa shape index (κ3) is 8.15. The summed E-state index contributed by atoms with van der Waals surface area (Å²) in [4.78, 5) is 14.1. The number of hydrazone groups is 1. The van der Waals surface area contributed by atoms with Crippen LogP contribution in [0.4, 0.5) is 10.5 Å². The fourth-order valence-electron chi connectivity index (χ4n) is 3.37. The highest BCUT2D eigenvalue weighted by atomic mass is 16.5. The lowest BCUT2D eigenvalue weighted by Crippen LogP contribution is -2.24. The van der Waals surface area contributed by atoms with Crippen molar-refractivity contribution in [3.05, 3.63) is 89.0 Å². The number of carbonyl (C=O) groups excluding carboxylic acids is 1. The van der Waals surface area contributed by atoms with Gasteiger partial charge in [-0.25, -0.2) is 10.2 Å². The summed E-state index contributed by atoms with van der Waals surface area (Å²) in [5.74, 6) is 0.552. The molecule has 0 aromatic heterocycles. The van der Waals surface area contributed by atoms with Crippen LogP contribution in [0.15, 0.2) is 71.8 Å². The lowest BCUT2D eigenvalue weighted by Gasteiger charge is -2.19. The highest BCUT2D eigenvalue weighted by Gasteiger charge is 2.13. The number of hydrogen-bond acceptors (Lipinski definition) is 5. The first-order valence-electron chi connectivity index (χ1n) is 11.5. The Kier molecular flexibility index (Phi) is 8.49. The number of phenolic OH excluding ortho intramolecular Hbond substituents is 1. The SMILES string of the molecule is CN(C)Cc1ccc(NC(=O)N/N=C/c2ccc(OCc3ccc(C(C)(C)C)cc3)cc2O)cc1. The van der Waals surface area contributed by atoms with Gasteiger partial charge in [-0.1, -0.05) is 57.2 Å². The smallest absolute Gasteiger partial charge is 0.339 e. The Morgan fingerprint density at radius 1 is 1.00 bits per heavy atom. The van der Waals surface area contributed by atoms with Gasteiger partial charge in [-0.05, 0) is 60.5 Å². The van der Waals surface area contributed by atoms with Crippen molar-refractivity contribution >= 4 is 17.9 Å². The molecule has 0 bridgehead atoms. The van der Waals surface area contributed by atoms with E-state index in [1.807, 2.05) is 38.4 Å². The predicted molar refractivity (Wildman–Crippen MR) is 141 cm³/mol. The molecule has 0 heterocycles. The van der Waals surface area contributed by atoms with E-state index in [1.165, 1.54) is 17.8 Å². The second kappa shape index (κ2) is 11.5. The molecule has 3 rings (SSSR count). The van der Waals surface area contributed by atoms with Crippen LogP contribution in [-0.4, -0.2) is 36.3 Å². The summed E-state index contributed by atoms with van der Waals surface area (Å²) >= 11 is 0. The van der Waals surface area contributed by atoms with Crippen molar-refractivity contribution in [3.8, 4) is 11.5 Å². The van der Waals surface area contributed by atoms with Gasteiger partial charge in [0.25, 0.3) is 0 Å². The number of anilines is 1. The molecule has 0 aliphatic heterocycles. The highest BCUT2D eigenvalue weighted by molar-refractivity contribution is 5.90. The molecule has 0 radical (unpaired) electrons. The fraction of sp³-hybridized carbons (Fsp3) is 0.286. The second-order valence-electron chi connectivity index (χ2n) is 9.72. The van der Waals surface area contributed by atoms with E-state index >= 15 is 0 Å². The van der Waals surface area contributed by atoms with E-state index in [9.17, 15) is 9.90 Å². The number of urea groups is 1. The first kappa shape index (κ1) is 25.8. The topological polar surface area (TPSA) is 86.2 Å². The van der Waals surface area contributed by atoms with Crippen LogP contribution in [0.3, 0.4) is 0 Å². The Morgan fingerprint density at radius 2 is 1.66 bits per heavy atom. The Bertz CT molecular complexity index is 1150. The van der Waals surface area contributed by atoms with E-state index in [4.69, 9.17) is 4.74 Å². The summed E-state index contributed by atoms with van der Waals surface area (Å²) in [5, 5.41) is 16.9. The average Bonchev–Trinajstić information content (AvgIpc) is 2.79. The van der Waals surface area contributed by atoms with Crippen molar-refractivity contribution in [1.82, 2.24) is 10.3 Å². The van der Waals surface area contributed by atoms with Crippen molar-refractivity contribution in [3.63, 3.8) is 0 Å². The molecule has 0 aliphatic carbocycles. The number of aromatic hydroxyl groups is 1. The van der Waals surface area contributed by atoms with Crippen molar-refractivity contribution < 1.29 is 14.6 Å². The Hall–Kier alpha value is -3.84. The van der Waals surface area contributed by atoms with Crippen LogP contribution in [-0.2, 0) is 18.6 Å². The maximum Gasteiger partial charge on any atom is 0.339 e. The van der Waals surface area contributed by atoms with E-state index < -0.39 is 6.03 Å². The molecule has 0 fully saturated rings. The number of hydrogen-bond donors (Lipinski definition) is 3. The lowest BCUT2D eigenvalue weighted by molar-refractivity contribution is 0.252. The molecule has 184 valence electrons. The van der Waals surface area contributed by atoms with Crippen molar-refractivity contribution in [1.29, 1.82) is 0 Å². The quantitative estimate of drug-likeness (QED) is 0.298. The molecule has 0 saturated carbocycles. The molecule has 0 atom stereocenters. The molecule has 0 unspecified atom stereocenters. The summed E-state index contributed by atoms with van der Waals surface area (Å²) in [7, 11) is 4.01. The molecule has 35 heavy (non-hydrogen) atoms. The molecular formula is C28H34N4O3. The third-order valence-electron chi connectivity index (χ3n) is 5.31. The molecule has 7 heteroatoms. The summed E-state index contributed by atoms with van der Waals surface area (Å²) < 4.78 is 5.81. The largest absolute Gasteiger partial charge is 0.507 e. The lowest BCUT2D eigenvalue weighted by atomic mass is 9.87. The number of phenols is 1. The van der Waals surface area contributed by atoms with E-state index in [1.54, 1.807) is 12.1 Å². The summed E-state index contributed by atoms with van der Waals surface area (Å²) in [5.41, 5.74) is 7.09. The van der Waals surface area contributed by atoms with Crippen LogP contribution >= 0.6 is 0 Å². The Morgan fingerprint density at radius 3 is 2.26 bits per heavy atom. The van der Waals surface area contributed by atoms with Gasteiger partial charge in [0, 0.05) is 23.9 Å². The number of benzene rings is 3. The van der Waals surface area contributed by atoms with Crippen LogP contribution in [0, 0.1) is 0 Å². The zero-order chi connectivity index (χ0) is 25.4. The number of rotatable bonds is 8. The van der Waals surface area contributed by atoms with E-state index in [2.05, 4.69) is 65.8 Å². The molecular weight excluding hydrogens is 440 g/mol. The fourth-order valence-corrected chi connectivity index (χ4v) is 3.37. The van der Waals surface area contributed by atoms with Gasteiger partial charge in [-0.3, -0.25) is 0 Å². The van der Waals surface area contributed by atoms with E-state index in [-0.39, 0.29) is 11.2 Å². The summed E-state index contributed by atoms with van der Waals surface area (Å²) in [6.07, 6.45) is 1.38. The van der Waals surface area contributed by atoms with Gasteiger partial charge in [0.1, 0.15) is 18.1 Å². The average molecular weight is 475 g/mol. The number of ether oxygens (including phenoxy) is 1. The molecule has 3 N–H and O–H groups in total. The zero-order valence-electron chi connectivity index (χ0n) is 21.0. The predicted octanol–water partition coefficient (Wildman–Crippen LogP) is 5.49. The maximum absolute atomic E-state index is 12.1. The number of carbonyl (C=O) groups is 1. The number of nitrogens with zero attached hydrogens (tertiary/aromatic N) is 2. The van der Waals surface area contributed by atoms with Crippen LogP contribution in [0.2, 0.25) is 0 Å². The van der Waals surface area contributed by atoms with E-state index in [0.717, 1.165) is 17.7 Å². The monoisotopic (exact) mass is 474 g/mol. The van der Waals surface area contributed by atoms with Crippen molar-refractivity contribution in [2.75, 3.05) is 19.4 Å². The molecule has 3 aromatic carbocycles. The molecule has 7 nitrogen and oxygen atoms in total. The van der Waals surface area contributed by atoms with Crippen LogP contribution < -0.4 is 15.5 Å². The third-order valence-corrected chi connectivity index (χ3v) is 5.31. The van der Waals surface area contributed by atoms with Gasteiger partial charge in [0.15, 0.2) is 0 Å². The number of amides is 2. The molecule has 0 spiro atoms. The standard InChI is InChI=1S/C28H34N4O3/c1-28(2,3)23-11-6-21(7-12-23)19-35-25-15-10-22(26(33)16-25)17-29-31-27(34)30-24-13-8-20(9-14-24)18-32(4)5/h6-17,33H,18-19H2,1-5H3,(H2,30,31,34)/b29-17+. The van der Waals surface area contributed by atoms with E-state index in [0.29, 0.717) is 23.6 Å². The second-order valence-corrected chi connectivity index (χ2v) is 9.72. The van der Waals surface area contributed by atoms with Gasteiger partial charge in [-0.2, -0.15) is 5.10 Å². The first-order valence-corrected chi connectivity index (χ1v) is 11.5. The van der Waals surface area contributed by atoms with Gasteiger partial charge >= 0.3 is 6.03 Å². The van der Waals surface area contributed by atoms with Crippen molar-refractivity contribution in [2.24, 2.45) is 5.10 Å². The van der Waals surface area contributed by atoms with Gasteiger partial charge in [0.2, 0.25) is 0 Å².